The Balaban J connectivity index is 2.51. The second-order valence-electron chi connectivity index (χ2n) is 8.52. The third kappa shape index (κ3) is 9.42. The van der Waals surface area contributed by atoms with Crippen LogP contribution in [0.2, 0.25) is 0 Å². The molecule has 26 heavy (non-hydrogen) atoms. The van der Waals surface area contributed by atoms with Gasteiger partial charge in [0.2, 0.25) is 5.91 Å². The number of ether oxygens (including phenoxy) is 1. The Morgan fingerprint density at radius 1 is 1.04 bits per heavy atom. The van der Waals surface area contributed by atoms with E-state index in [9.17, 15) is 9.59 Å². The summed E-state index contributed by atoms with van der Waals surface area (Å²) in [7, 11) is 0. The van der Waals surface area contributed by atoms with Gasteiger partial charge >= 0.3 is 6.09 Å². The maximum Gasteiger partial charge on any atom is 0.407 e. The first-order valence-corrected chi connectivity index (χ1v) is 8.96. The molecule has 1 aromatic rings. The minimum atomic E-state index is -0.514. The zero-order chi connectivity index (χ0) is 20.0. The smallest absolute Gasteiger partial charge is 0.407 e. The predicted octanol–water partition coefficient (Wildman–Crippen LogP) is 3.10. The Labute approximate surface area is 157 Å². The summed E-state index contributed by atoms with van der Waals surface area (Å²) in [4.78, 5) is 23.8. The van der Waals surface area contributed by atoms with Crippen molar-refractivity contribution in [2.45, 2.75) is 78.7 Å². The van der Waals surface area contributed by atoms with Gasteiger partial charge in [-0.3, -0.25) is 4.79 Å². The second kappa shape index (κ2) is 9.03. The molecule has 6 nitrogen and oxygen atoms in total. The molecule has 0 radical (unpaired) electrons. The molecule has 0 aromatic heterocycles. The SMILES string of the molecule is CC(NCc1cccc(CNC(=O)OC(C)(C)C)c1)C(=O)NC(C)(C)C. The van der Waals surface area contributed by atoms with Crippen molar-refractivity contribution in [3.05, 3.63) is 35.4 Å². The molecule has 0 bridgehead atoms. The number of alkyl carbamates (subject to hydrolysis) is 1. The fraction of sp³-hybridized carbons (Fsp3) is 0.600. The highest BCUT2D eigenvalue weighted by Gasteiger charge is 2.19. The van der Waals surface area contributed by atoms with E-state index in [2.05, 4.69) is 16.0 Å². The van der Waals surface area contributed by atoms with E-state index in [0.29, 0.717) is 13.1 Å². The highest BCUT2D eigenvalue weighted by molar-refractivity contribution is 5.81. The van der Waals surface area contributed by atoms with Crippen LogP contribution in [-0.2, 0) is 22.6 Å². The summed E-state index contributed by atoms with van der Waals surface area (Å²) >= 11 is 0. The fourth-order valence-corrected chi connectivity index (χ4v) is 2.18. The molecule has 1 unspecified atom stereocenters. The predicted molar refractivity (Wildman–Crippen MR) is 104 cm³/mol. The summed E-state index contributed by atoms with van der Waals surface area (Å²) in [5.74, 6) is -0.0275. The van der Waals surface area contributed by atoms with Crippen LogP contribution in [0.3, 0.4) is 0 Å². The summed E-state index contributed by atoms with van der Waals surface area (Å²) in [6, 6.07) is 7.56. The van der Waals surface area contributed by atoms with E-state index >= 15 is 0 Å². The molecule has 3 N–H and O–H groups in total. The Morgan fingerprint density at radius 3 is 2.15 bits per heavy atom. The number of hydrogen-bond donors (Lipinski definition) is 3. The molecule has 0 heterocycles. The normalized spacial score (nSPS) is 13.0. The Kier molecular flexibility index (Phi) is 7.63. The Bertz CT molecular complexity index is 615. The molecule has 0 saturated heterocycles. The number of benzene rings is 1. The molecule has 0 aliphatic carbocycles. The molecular formula is C20H33N3O3. The lowest BCUT2D eigenvalue weighted by Crippen LogP contribution is -2.49. The van der Waals surface area contributed by atoms with E-state index in [1.165, 1.54) is 0 Å². The molecule has 0 aliphatic rings. The highest BCUT2D eigenvalue weighted by atomic mass is 16.6. The van der Waals surface area contributed by atoms with Gasteiger partial charge in [-0.25, -0.2) is 4.79 Å². The lowest BCUT2D eigenvalue weighted by atomic mass is 10.1. The summed E-state index contributed by atoms with van der Waals surface area (Å²) in [5, 5.41) is 8.92. The van der Waals surface area contributed by atoms with Crippen LogP contribution in [0.25, 0.3) is 0 Å². The summed E-state index contributed by atoms with van der Waals surface area (Å²) in [6.45, 7) is 14.2. The van der Waals surface area contributed by atoms with Crippen molar-refractivity contribution in [1.29, 1.82) is 0 Å². The molecule has 0 saturated carbocycles. The number of carbonyl (C=O) groups excluding carboxylic acids is 2. The molecule has 1 aromatic carbocycles. The van der Waals surface area contributed by atoms with Crippen LogP contribution in [0.1, 0.15) is 59.6 Å². The van der Waals surface area contributed by atoms with E-state index in [4.69, 9.17) is 4.74 Å². The van der Waals surface area contributed by atoms with Crippen LogP contribution in [-0.4, -0.2) is 29.2 Å². The van der Waals surface area contributed by atoms with E-state index in [1.54, 1.807) is 0 Å². The molecule has 146 valence electrons. The van der Waals surface area contributed by atoms with Crippen molar-refractivity contribution >= 4 is 12.0 Å². The van der Waals surface area contributed by atoms with Gasteiger partial charge in [0.25, 0.3) is 0 Å². The minimum absolute atomic E-state index is 0.0275. The van der Waals surface area contributed by atoms with Gasteiger partial charge in [0.1, 0.15) is 5.60 Å². The molecule has 0 fully saturated rings. The second-order valence-corrected chi connectivity index (χ2v) is 8.52. The lowest BCUT2D eigenvalue weighted by Gasteiger charge is -2.23. The van der Waals surface area contributed by atoms with Gasteiger partial charge in [-0.2, -0.15) is 0 Å². The van der Waals surface area contributed by atoms with Gasteiger partial charge in [-0.1, -0.05) is 24.3 Å². The summed E-state index contributed by atoms with van der Waals surface area (Å²) < 4.78 is 5.23. The van der Waals surface area contributed by atoms with Gasteiger partial charge in [-0.15, -0.1) is 0 Å². The third-order valence-corrected chi connectivity index (χ3v) is 3.33. The standard InChI is InChI=1S/C20H33N3O3/c1-14(17(24)23-19(2,3)4)21-12-15-9-8-10-16(11-15)13-22-18(25)26-20(5,6)7/h8-11,14,21H,12-13H2,1-7H3,(H,22,25)(H,23,24). The van der Waals surface area contributed by atoms with Crippen LogP contribution in [0.15, 0.2) is 24.3 Å². The van der Waals surface area contributed by atoms with Crippen LogP contribution in [0.4, 0.5) is 4.79 Å². The minimum Gasteiger partial charge on any atom is -0.444 e. The zero-order valence-electron chi connectivity index (χ0n) is 17.0. The van der Waals surface area contributed by atoms with Crippen molar-refractivity contribution in [1.82, 2.24) is 16.0 Å². The quantitative estimate of drug-likeness (QED) is 0.726. The largest absolute Gasteiger partial charge is 0.444 e. The van der Waals surface area contributed by atoms with Crippen molar-refractivity contribution in [3.63, 3.8) is 0 Å². The lowest BCUT2D eigenvalue weighted by molar-refractivity contribution is -0.124. The van der Waals surface area contributed by atoms with Gasteiger partial charge in [-0.05, 0) is 59.6 Å². The van der Waals surface area contributed by atoms with Gasteiger partial charge in [0, 0.05) is 18.6 Å². The number of rotatable bonds is 6. The fourth-order valence-electron chi connectivity index (χ4n) is 2.18. The first-order valence-electron chi connectivity index (χ1n) is 8.96. The first kappa shape index (κ1) is 22.0. The number of hydrogen-bond acceptors (Lipinski definition) is 4. The topological polar surface area (TPSA) is 79.5 Å². The first-order chi connectivity index (χ1) is 11.9. The van der Waals surface area contributed by atoms with Crippen molar-refractivity contribution in [3.8, 4) is 0 Å². The average molecular weight is 364 g/mol. The number of carbonyl (C=O) groups is 2. The number of amides is 2. The highest BCUT2D eigenvalue weighted by Crippen LogP contribution is 2.09. The van der Waals surface area contributed by atoms with E-state index in [0.717, 1.165) is 11.1 Å². The molecule has 2 amide bonds. The van der Waals surface area contributed by atoms with Gasteiger partial charge in [0.15, 0.2) is 0 Å². The molecule has 1 atom stereocenters. The Hall–Kier alpha value is -2.08. The third-order valence-electron chi connectivity index (χ3n) is 3.33. The molecule has 1 rings (SSSR count). The van der Waals surface area contributed by atoms with Gasteiger partial charge in [0.05, 0.1) is 6.04 Å². The summed E-state index contributed by atoms with van der Waals surface area (Å²) in [5.41, 5.74) is 1.26. The number of nitrogens with one attached hydrogen (secondary N) is 3. The molecule has 0 aliphatic heterocycles. The maximum atomic E-state index is 12.1. The van der Waals surface area contributed by atoms with Crippen LogP contribution >= 0.6 is 0 Å². The van der Waals surface area contributed by atoms with Crippen molar-refractivity contribution in [2.24, 2.45) is 0 Å². The summed E-state index contributed by atoms with van der Waals surface area (Å²) in [6.07, 6.45) is -0.437. The van der Waals surface area contributed by atoms with Crippen molar-refractivity contribution < 1.29 is 14.3 Å². The van der Waals surface area contributed by atoms with E-state index in [1.807, 2.05) is 72.7 Å². The average Bonchev–Trinajstić information content (AvgIpc) is 2.47. The molecule has 0 spiro atoms. The van der Waals surface area contributed by atoms with E-state index in [-0.39, 0.29) is 17.5 Å². The molecule has 6 heteroatoms. The Morgan fingerprint density at radius 2 is 1.62 bits per heavy atom. The van der Waals surface area contributed by atoms with Crippen LogP contribution in [0, 0.1) is 0 Å². The molecular weight excluding hydrogens is 330 g/mol. The zero-order valence-corrected chi connectivity index (χ0v) is 17.0. The van der Waals surface area contributed by atoms with Crippen LogP contribution < -0.4 is 16.0 Å². The maximum absolute atomic E-state index is 12.1. The monoisotopic (exact) mass is 363 g/mol. The van der Waals surface area contributed by atoms with Crippen LogP contribution in [0.5, 0.6) is 0 Å². The van der Waals surface area contributed by atoms with E-state index < -0.39 is 11.7 Å². The van der Waals surface area contributed by atoms with Gasteiger partial charge < -0.3 is 20.7 Å². The van der Waals surface area contributed by atoms with Crippen molar-refractivity contribution in [2.75, 3.05) is 0 Å².